The molecule has 7 heteroatoms. The van der Waals surface area contributed by atoms with E-state index in [-0.39, 0.29) is 11.5 Å². The Balaban J connectivity index is 2.35. The Morgan fingerprint density at radius 1 is 1.43 bits per heavy atom. The number of aryl methyl sites for hydroxylation is 3. The molecule has 0 saturated heterocycles. The van der Waals surface area contributed by atoms with Crippen LogP contribution < -0.4 is 5.32 Å². The Morgan fingerprint density at radius 3 is 2.57 bits per heavy atom. The van der Waals surface area contributed by atoms with Crippen LogP contribution in [0.2, 0.25) is 0 Å². The van der Waals surface area contributed by atoms with E-state index in [9.17, 15) is 14.7 Å². The van der Waals surface area contributed by atoms with Crippen LogP contribution in [0.25, 0.3) is 0 Å². The number of amides is 1. The van der Waals surface area contributed by atoms with Crippen LogP contribution in [0.1, 0.15) is 43.9 Å². The zero-order valence-corrected chi connectivity index (χ0v) is 13.2. The molecule has 0 aromatic carbocycles. The van der Waals surface area contributed by atoms with E-state index in [1.54, 1.807) is 31.6 Å². The van der Waals surface area contributed by atoms with Crippen molar-refractivity contribution in [1.29, 1.82) is 0 Å². The van der Waals surface area contributed by atoms with Gasteiger partial charge in [-0.05, 0) is 26.3 Å². The Labute approximate surface area is 126 Å². The van der Waals surface area contributed by atoms with Crippen molar-refractivity contribution in [3.8, 4) is 0 Å². The number of hydrogen-bond donors (Lipinski definition) is 2. The lowest BCUT2D eigenvalue weighted by atomic mass is 10.2. The summed E-state index contributed by atoms with van der Waals surface area (Å²) in [7, 11) is 1.77. The van der Waals surface area contributed by atoms with E-state index in [1.807, 2.05) is 6.92 Å². The molecular weight excluding hydrogens is 290 g/mol. The third-order valence-electron chi connectivity index (χ3n) is 3.33. The number of hydrogen-bond acceptors (Lipinski definition) is 4. The van der Waals surface area contributed by atoms with Crippen molar-refractivity contribution in [2.75, 3.05) is 5.32 Å². The minimum absolute atomic E-state index is 0.129. The van der Waals surface area contributed by atoms with Crippen LogP contribution in [0.5, 0.6) is 0 Å². The number of thiophene rings is 1. The second kappa shape index (κ2) is 5.69. The Kier molecular flexibility index (Phi) is 4.13. The first-order chi connectivity index (χ1) is 9.85. The second-order valence-electron chi connectivity index (χ2n) is 4.74. The van der Waals surface area contributed by atoms with Gasteiger partial charge in [0.15, 0.2) is 0 Å². The first-order valence-electron chi connectivity index (χ1n) is 6.52. The van der Waals surface area contributed by atoms with Crippen LogP contribution in [-0.4, -0.2) is 26.8 Å². The normalized spacial score (nSPS) is 10.7. The number of anilines is 1. The summed E-state index contributed by atoms with van der Waals surface area (Å²) in [6, 6.07) is 1.60. The molecule has 0 aliphatic heterocycles. The highest BCUT2D eigenvalue weighted by molar-refractivity contribution is 7.16. The van der Waals surface area contributed by atoms with Crippen LogP contribution in [-0.2, 0) is 13.5 Å². The molecule has 2 N–H and O–H groups in total. The van der Waals surface area contributed by atoms with E-state index in [1.165, 1.54) is 11.3 Å². The highest BCUT2D eigenvalue weighted by Crippen LogP contribution is 2.29. The fourth-order valence-corrected chi connectivity index (χ4v) is 3.12. The van der Waals surface area contributed by atoms with E-state index in [2.05, 4.69) is 10.4 Å². The topological polar surface area (TPSA) is 84.2 Å². The van der Waals surface area contributed by atoms with Gasteiger partial charge in [-0.25, -0.2) is 4.79 Å². The maximum Gasteiger partial charge on any atom is 0.338 e. The van der Waals surface area contributed by atoms with Gasteiger partial charge in [0.1, 0.15) is 5.00 Å². The highest BCUT2D eigenvalue weighted by atomic mass is 32.1. The fraction of sp³-hybridized carbons (Fsp3) is 0.357. The molecule has 112 valence electrons. The van der Waals surface area contributed by atoms with Crippen LogP contribution in [0.4, 0.5) is 5.00 Å². The average Bonchev–Trinajstić information content (AvgIpc) is 2.91. The zero-order chi connectivity index (χ0) is 15.7. The van der Waals surface area contributed by atoms with Crippen molar-refractivity contribution in [2.24, 2.45) is 7.05 Å². The van der Waals surface area contributed by atoms with Crippen molar-refractivity contribution in [3.05, 3.63) is 33.5 Å². The first kappa shape index (κ1) is 15.2. The van der Waals surface area contributed by atoms with Gasteiger partial charge in [-0.2, -0.15) is 5.10 Å². The number of carbonyl (C=O) groups is 2. The van der Waals surface area contributed by atoms with Gasteiger partial charge in [-0.3, -0.25) is 9.48 Å². The summed E-state index contributed by atoms with van der Waals surface area (Å²) in [4.78, 5) is 24.6. The Morgan fingerprint density at radius 2 is 2.10 bits per heavy atom. The number of carbonyl (C=O) groups excluding carboxylic acids is 1. The van der Waals surface area contributed by atoms with E-state index in [0.29, 0.717) is 16.3 Å². The van der Waals surface area contributed by atoms with Crippen molar-refractivity contribution in [1.82, 2.24) is 9.78 Å². The molecule has 0 bridgehead atoms. The molecule has 6 nitrogen and oxygen atoms in total. The molecule has 0 aliphatic carbocycles. The quantitative estimate of drug-likeness (QED) is 0.909. The highest BCUT2D eigenvalue weighted by Gasteiger charge is 2.21. The number of aromatic carboxylic acids is 1. The summed E-state index contributed by atoms with van der Waals surface area (Å²) in [6.07, 6.45) is 0.728. The monoisotopic (exact) mass is 307 g/mol. The molecule has 0 saturated carbocycles. The van der Waals surface area contributed by atoms with Crippen LogP contribution in [0, 0.1) is 13.8 Å². The lowest BCUT2D eigenvalue weighted by Gasteiger charge is -2.04. The van der Waals surface area contributed by atoms with Gasteiger partial charge in [0, 0.05) is 17.6 Å². The van der Waals surface area contributed by atoms with Crippen molar-refractivity contribution in [3.63, 3.8) is 0 Å². The molecule has 2 rings (SSSR count). The summed E-state index contributed by atoms with van der Waals surface area (Å²) in [5.41, 5.74) is 1.98. The summed E-state index contributed by atoms with van der Waals surface area (Å²) in [6.45, 7) is 5.50. The summed E-state index contributed by atoms with van der Waals surface area (Å²) in [5, 5.41) is 16.5. The van der Waals surface area contributed by atoms with Gasteiger partial charge >= 0.3 is 5.97 Å². The second-order valence-corrected chi connectivity index (χ2v) is 5.87. The van der Waals surface area contributed by atoms with E-state index >= 15 is 0 Å². The summed E-state index contributed by atoms with van der Waals surface area (Å²) >= 11 is 1.29. The zero-order valence-electron chi connectivity index (χ0n) is 12.4. The average molecular weight is 307 g/mol. The van der Waals surface area contributed by atoms with Gasteiger partial charge in [0.05, 0.1) is 16.8 Å². The van der Waals surface area contributed by atoms with Gasteiger partial charge in [-0.15, -0.1) is 11.3 Å². The molecule has 1 amide bonds. The SMILES string of the molecule is CCc1cc(C(=O)O)c(NC(=O)c2c(C)nn(C)c2C)s1. The van der Waals surface area contributed by atoms with Crippen LogP contribution in [0.3, 0.4) is 0 Å². The predicted molar refractivity (Wildman–Crippen MR) is 81.3 cm³/mol. The molecule has 0 radical (unpaired) electrons. The standard InChI is InChI=1S/C14H17N3O3S/c1-5-9-6-10(14(19)20)13(21-9)15-12(18)11-7(2)16-17(4)8(11)3/h6H,5H2,1-4H3,(H,15,18)(H,19,20). The number of nitrogens with one attached hydrogen (secondary N) is 1. The third-order valence-corrected chi connectivity index (χ3v) is 4.52. The molecule has 21 heavy (non-hydrogen) atoms. The number of carboxylic acid groups (broad SMARTS) is 1. The Hall–Kier alpha value is -2.15. The van der Waals surface area contributed by atoms with Gasteiger partial charge in [-0.1, -0.05) is 6.92 Å². The lowest BCUT2D eigenvalue weighted by Crippen LogP contribution is -2.15. The molecule has 0 unspecified atom stereocenters. The Bertz CT molecular complexity index is 715. The van der Waals surface area contributed by atoms with E-state index < -0.39 is 5.97 Å². The molecular formula is C14H17N3O3S. The van der Waals surface area contributed by atoms with Crippen molar-refractivity contribution in [2.45, 2.75) is 27.2 Å². The minimum atomic E-state index is -1.04. The predicted octanol–water partition coefficient (Wildman–Crippen LogP) is 2.61. The van der Waals surface area contributed by atoms with Crippen molar-refractivity contribution < 1.29 is 14.7 Å². The number of nitrogens with zero attached hydrogens (tertiary/aromatic N) is 2. The number of rotatable bonds is 4. The van der Waals surface area contributed by atoms with Crippen LogP contribution >= 0.6 is 11.3 Å². The number of carboxylic acids is 1. The molecule has 2 heterocycles. The molecule has 0 aliphatic rings. The molecule has 0 atom stereocenters. The van der Waals surface area contributed by atoms with Crippen molar-refractivity contribution >= 4 is 28.2 Å². The maximum absolute atomic E-state index is 12.4. The largest absolute Gasteiger partial charge is 0.478 e. The molecule has 0 fully saturated rings. The first-order valence-corrected chi connectivity index (χ1v) is 7.34. The molecule has 2 aromatic heterocycles. The molecule has 0 spiro atoms. The minimum Gasteiger partial charge on any atom is -0.478 e. The van der Waals surface area contributed by atoms with E-state index in [0.717, 1.165) is 17.0 Å². The van der Waals surface area contributed by atoms with Crippen LogP contribution in [0.15, 0.2) is 6.07 Å². The lowest BCUT2D eigenvalue weighted by molar-refractivity contribution is 0.0698. The maximum atomic E-state index is 12.4. The molecule has 2 aromatic rings. The third kappa shape index (κ3) is 2.82. The number of aromatic nitrogens is 2. The smallest absolute Gasteiger partial charge is 0.338 e. The fourth-order valence-electron chi connectivity index (χ4n) is 2.14. The summed E-state index contributed by atoms with van der Waals surface area (Å²) in [5.74, 6) is -1.37. The van der Waals surface area contributed by atoms with Gasteiger partial charge in [0.25, 0.3) is 5.91 Å². The summed E-state index contributed by atoms with van der Waals surface area (Å²) < 4.78 is 1.63. The van der Waals surface area contributed by atoms with Gasteiger partial charge < -0.3 is 10.4 Å². The van der Waals surface area contributed by atoms with Gasteiger partial charge in [0.2, 0.25) is 0 Å². The van der Waals surface area contributed by atoms with E-state index in [4.69, 9.17) is 0 Å².